The van der Waals surface area contributed by atoms with Crippen LogP contribution in [0.3, 0.4) is 0 Å². The first-order valence-corrected chi connectivity index (χ1v) is 8.91. The van der Waals surface area contributed by atoms with Gasteiger partial charge in [0, 0.05) is 16.4 Å². The van der Waals surface area contributed by atoms with Gasteiger partial charge in [-0.25, -0.2) is 13.1 Å². The number of carbonyl (C=O) groups is 1. The van der Waals surface area contributed by atoms with Gasteiger partial charge in [0.15, 0.2) is 5.78 Å². The van der Waals surface area contributed by atoms with Crippen molar-refractivity contribution in [1.82, 2.24) is 4.72 Å². The standard InChI is InChI=1S/C14H14ClNO3S2/c1-10(17)14-6-5-12(20-14)7-8-16-21(18,19)13-4-2-3-11(15)9-13/h2-6,9,16H,7-8H2,1H3. The summed E-state index contributed by atoms with van der Waals surface area (Å²) in [6.45, 7) is 1.78. The molecule has 0 radical (unpaired) electrons. The molecular weight excluding hydrogens is 330 g/mol. The lowest BCUT2D eigenvalue weighted by Gasteiger charge is -2.06. The second-order valence-corrected chi connectivity index (χ2v) is 7.80. The van der Waals surface area contributed by atoms with Crippen LogP contribution >= 0.6 is 22.9 Å². The summed E-state index contributed by atoms with van der Waals surface area (Å²) in [6.07, 6.45) is 0.539. The second kappa shape index (κ2) is 6.70. The molecule has 0 bridgehead atoms. The third-order valence-electron chi connectivity index (χ3n) is 2.78. The summed E-state index contributed by atoms with van der Waals surface area (Å²) in [6, 6.07) is 9.71. The van der Waals surface area contributed by atoms with E-state index < -0.39 is 10.0 Å². The zero-order valence-corrected chi connectivity index (χ0v) is 13.7. The van der Waals surface area contributed by atoms with Gasteiger partial charge in [-0.1, -0.05) is 17.7 Å². The van der Waals surface area contributed by atoms with Crippen molar-refractivity contribution in [1.29, 1.82) is 0 Å². The topological polar surface area (TPSA) is 63.2 Å². The van der Waals surface area contributed by atoms with Gasteiger partial charge in [-0.05, 0) is 43.7 Å². The highest BCUT2D eigenvalue weighted by atomic mass is 35.5. The largest absolute Gasteiger partial charge is 0.294 e. The van der Waals surface area contributed by atoms with E-state index in [-0.39, 0.29) is 17.2 Å². The lowest BCUT2D eigenvalue weighted by Crippen LogP contribution is -2.25. The summed E-state index contributed by atoms with van der Waals surface area (Å²) >= 11 is 7.18. The molecular formula is C14H14ClNO3S2. The Kier molecular flexibility index (Phi) is 5.16. The van der Waals surface area contributed by atoms with E-state index in [1.165, 1.54) is 30.4 Å². The minimum Gasteiger partial charge on any atom is -0.294 e. The predicted octanol–water partition coefficient (Wildman–Crippen LogP) is 3.13. The average Bonchev–Trinajstić information content (AvgIpc) is 2.87. The van der Waals surface area contributed by atoms with Gasteiger partial charge in [-0.15, -0.1) is 11.3 Å². The van der Waals surface area contributed by atoms with Crippen molar-refractivity contribution >= 4 is 38.7 Å². The van der Waals surface area contributed by atoms with E-state index >= 15 is 0 Å². The van der Waals surface area contributed by atoms with Crippen molar-refractivity contribution in [3.63, 3.8) is 0 Å². The van der Waals surface area contributed by atoms with Crippen molar-refractivity contribution in [2.45, 2.75) is 18.2 Å². The Bertz CT molecular complexity index is 753. The number of Topliss-reactive ketones (excluding diaryl/α,β-unsaturated/α-hetero) is 1. The van der Waals surface area contributed by atoms with Crippen LogP contribution in [0.4, 0.5) is 0 Å². The molecule has 0 aliphatic rings. The fourth-order valence-corrected chi connectivity index (χ4v) is 3.96. The second-order valence-electron chi connectivity index (χ2n) is 4.43. The molecule has 1 N–H and O–H groups in total. The van der Waals surface area contributed by atoms with Crippen LogP contribution in [0.5, 0.6) is 0 Å². The van der Waals surface area contributed by atoms with Crippen LogP contribution in [0.1, 0.15) is 21.5 Å². The van der Waals surface area contributed by atoms with E-state index in [0.29, 0.717) is 16.3 Å². The Hall–Kier alpha value is -1.21. The van der Waals surface area contributed by atoms with Gasteiger partial charge in [0.25, 0.3) is 0 Å². The highest BCUT2D eigenvalue weighted by Crippen LogP contribution is 2.18. The predicted molar refractivity (Wildman–Crippen MR) is 84.7 cm³/mol. The first kappa shape index (κ1) is 16.2. The number of ketones is 1. The van der Waals surface area contributed by atoms with Crippen LogP contribution in [-0.2, 0) is 16.4 Å². The lowest BCUT2D eigenvalue weighted by molar-refractivity contribution is 0.102. The van der Waals surface area contributed by atoms with Gasteiger partial charge in [0.2, 0.25) is 10.0 Å². The molecule has 0 aliphatic carbocycles. The molecule has 112 valence electrons. The maximum absolute atomic E-state index is 12.1. The summed E-state index contributed by atoms with van der Waals surface area (Å²) in [5.41, 5.74) is 0. The minimum absolute atomic E-state index is 0.0192. The van der Waals surface area contributed by atoms with E-state index in [9.17, 15) is 13.2 Å². The molecule has 7 heteroatoms. The van der Waals surface area contributed by atoms with Crippen LogP contribution < -0.4 is 4.72 Å². The molecule has 0 spiro atoms. The Morgan fingerprint density at radius 1 is 1.29 bits per heavy atom. The molecule has 0 fully saturated rings. The van der Waals surface area contributed by atoms with Crippen LogP contribution in [0.2, 0.25) is 5.02 Å². The molecule has 4 nitrogen and oxygen atoms in total. The summed E-state index contributed by atoms with van der Waals surface area (Å²) in [7, 11) is -3.56. The number of benzene rings is 1. The molecule has 0 aliphatic heterocycles. The molecule has 0 saturated heterocycles. The van der Waals surface area contributed by atoms with Gasteiger partial charge in [0.1, 0.15) is 0 Å². The molecule has 21 heavy (non-hydrogen) atoms. The third kappa shape index (κ3) is 4.38. The van der Waals surface area contributed by atoms with Gasteiger partial charge in [-0.3, -0.25) is 4.79 Å². The highest BCUT2D eigenvalue weighted by Gasteiger charge is 2.14. The average molecular weight is 344 g/mol. The van der Waals surface area contributed by atoms with Gasteiger partial charge in [-0.2, -0.15) is 0 Å². The quantitative estimate of drug-likeness (QED) is 0.819. The number of hydrogen-bond donors (Lipinski definition) is 1. The van der Waals surface area contributed by atoms with Crippen LogP contribution in [0.25, 0.3) is 0 Å². The number of rotatable bonds is 6. The van der Waals surface area contributed by atoms with Crippen molar-refractivity contribution in [2.24, 2.45) is 0 Å². The molecule has 0 atom stereocenters. The van der Waals surface area contributed by atoms with E-state index in [0.717, 1.165) is 4.88 Å². The SMILES string of the molecule is CC(=O)c1ccc(CCNS(=O)(=O)c2cccc(Cl)c2)s1. The first-order valence-electron chi connectivity index (χ1n) is 6.23. The summed E-state index contributed by atoms with van der Waals surface area (Å²) in [4.78, 5) is 13.0. The van der Waals surface area contributed by atoms with Crippen molar-refractivity contribution in [3.05, 3.63) is 51.2 Å². The monoisotopic (exact) mass is 343 g/mol. The molecule has 0 amide bonds. The number of hydrogen-bond acceptors (Lipinski definition) is 4. The number of carbonyl (C=O) groups excluding carboxylic acids is 1. The number of halogens is 1. The molecule has 1 aromatic heterocycles. The highest BCUT2D eigenvalue weighted by molar-refractivity contribution is 7.89. The summed E-state index contributed by atoms with van der Waals surface area (Å²) < 4.78 is 26.7. The van der Waals surface area contributed by atoms with E-state index in [1.807, 2.05) is 6.07 Å². The molecule has 2 rings (SSSR count). The first-order chi connectivity index (χ1) is 9.88. The molecule has 1 heterocycles. The third-order valence-corrected chi connectivity index (χ3v) is 5.72. The lowest BCUT2D eigenvalue weighted by atomic mass is 10.3. The van der Waals surface area contributed by atoms with Crippen molar-refractivity contribution in [2.75, 3.05) is 6.54 Å². The van der Waals surface area contributed by atoms with Gasteiger partial charge in [0.05, 0.1) is 9.77 Å². The number of thiophene rings is 1. The number of sulfonamides is 1. The Morgan fingerprint density at radius 2 is 2.05 bits per heavy atom. The van der Waals surface area contributed by atoms with E-state index in [4.69, 9.17) is 11.6 Å². The van der Waals surface area contributed by atoms with E-state index in [1.54, 1.807) is 18.2 Å². The molecule has 0 unspecified atom stereocenters. The molecule has 2 aromatic rings. The number of nitrogens with one attached hydrogen (secondary N) is 1. The maximum Gasteiger partial charge on any atom is 0.240 e. The van der Waals surface area contributed by atoms with E-state index in [2.05, 4.69) is 4.72 Å². The molecule has 0 saturated carbocycles. The zero-order valence-electron chi connectivity index (χ0n) is 11.3. The smallest absolute Gasteiger partial charge is 0.240 e. The van der Waals surface area contributed by atoms with Crippen LogP contribution in [-0.4, -0.2) is 20.7 Å². The Morgan fingerprint density at radius 3 is 2.67 bits per heavy atom. The van der Waals surface area contributed by atoms with Gasteiger partial charge >= 0.3 is 0 Å². The van der Waals surface area contributed by atoms with Crippen molar-refractivity contribution in [3.8, 4) is 0 Å². The Labute approximate surface area is 132 Å². The molecule has 1 aromatic carbocycles. The van der Waals surface area contributed by atoms with Crippen molar-refractivity contribution < 1.29 is 13.2 Å². The Balaban J connectivity index is 1.97. The maximum atomic E-state index is 12.1. The summed E-state index contributed by atoms with van der Waals surface area (Å²) in [5.74, 6) is 0.0192. The fourth-order valence-electron chi connectivity index (χ4n) is 1.73. The summed E-state index contributed by atoms with van der Waals surface area (Å²) in [5, 5.41) is 0.377. The minimum atomic E-state index is -3.56. The van der Waals surface area contributed by atoms with Gasteiger partial charge < -0.3 is 0 Å². The fraction of sp³-hybridized carbons (Fsp3) is 0.214. The van der Waals surface area contributed by atoms with Crippen LogP contribution in [0.15, 0.2) is 41.3 Å². The van der Waals surface area contributed by atoms with Crippen LogP contribution in [0, 0.1) is 0 Å². The normalized spacial score (nSPS) is 11.5. The zero-order chi connectivity index (χ0) is 15.5.